The molecule has 0 unspecified atom stereocenters. The van der Waals surface area contributed by atoms with E-state index in [4.69, 9.17) is 4.74 Å². The highest BCUT2D eigenvalue weighted by Crippen LogP contribution is 2.13. The molecule has 1 rings (SSSR count). The molecule has 0 aliphatic carbocycles. The number of hydrogen-bond donors (Lipinski definition) is 1. The summed E-state index contributed by atoms with van der Waals surface area (Å²) < 4.78 is 19.3. The molecule has 0 saturated carbocycles. The Kier molecular flexibility index (Phi) is 9.22. The fraction of sp³-hybridized carbons (Fsp3) is 0.647. The van der Waals surface area contributed by atoms with Gasteiger partial charge in [-0.3, -0.25) is 4.90 Å². The van der Waals surface area contributed by atoms with Gasteiger partial charge in [0.2, 0.25) is 0 Å². The minimum Gasteiger partial charge on any atom is -0.380 e. The first-order valence-electron chi connectivity index (χ1n) is 7.99. The van der Waals surface area contributed by atoms with Gasteiger partial charge in [-0.15, -0.1) is 0 Å². The highest BCUT2D eigenvalue weighted by molar-refractivity contribution is 5.25. The molecule has 0 saturated heterocycles. The van der Waals surface area contributed by atoms with Crippen LogP contribution in [0.1, 0.15) is 38.3 Å². The average molecular weight is 296 g/mol. The van der Waals surface area contributed by atoms with Gasteiger partial charge >= 0.3 is 0 Å². The van der Waals surface area contributed by atoms with E-state index in [1.165, 1.54) is 0 Å². The molecule has 21 heavy (non-hydrogen) atoms. The molecule has 0 radical (unpaired) electrons. The lowest BCUT2D eigenvalue weighted by Gasteiger charge is -2.21. The normalized spacial score (nSPS) is 11.3. The average Bonchev–Trinajstić information content (AvgIpc) is 2.49. The van der Waals surface area contributed by atoms with Gasteiger partial charge in [-0.05, 0) is 38.1 Å². The molecular formula is C17H29FN2O. The number of nitrogens with zero attached hydrogens (tertiary/aromatic N) is 1. The van der Waals surface area contributed by atoms with Crippen molar-refractivity contribution in [3.05, 3.63) is 35.1 Å². The van der Waals surface area contributed by atoms with Crippen LogP contribution in [0.2, 0.25) is 0 Å². The molecule has 1 aromatic carbocycles. The number of likely N-dealkylation sites (N-methyl/N-ethyl adjacent to an activating group) is 1. The summed E-state index contributed by atoms with van der Waals surface area (Å²) in [6, 6.07) is 5.41. The van der Waals surface area contributed by atoms with Crippen LogP contribution in [0.5, 0.6) is 0 Å². The van der Waals surface area contributed by atoms with Crippen LogP contribution in [-0.2, 0) is 17.8 Å². The van der Waals surface area contributed by atoms with Gasteiger partial charge in [0, 0.05) is 31.8 Å². The molecule has 4 heteroatoms. The van der Waals surface area contributed by atoms with Gasteiger partial charge in [-0.1, -0.05) is 26.0 Å². The van der Waals surface area contributed by atoms with E-state index in [0.717, 1.165) is 50.3 Å². The molecule has 1 N–H and O–H groups in total. The first-order chi connectivity index (χ1) is 10.2. The predicted octanol–water partition coefficient (Wildman–Crippen LogP) is 3.18. The Balaban J connectivity index is 2.60. The molecular weight excluding hydrogens is 267 g/mol. The third-order valence-corrected chi connectivity index (χ3v) is 3.46. The Morgan fingerprint density at radius 2 is 2.05 bits per heavy atom. The standard InChI is InChI=1S/C17H29FN2O/c1-4-9-19-13-15-7-8-17(18)16(12-15)14-20(5-2)10-11-21-6-3/h7-8,12,19H,4-6,9-11,13-14H2,1-3H3. The lowest BCUT2D eigenvalue weighted by Crippen LogP contribution is -2.27. The summed E-state index contributed by atoms with van der Waals surface area (Å²) in [6.07, 6.45) is 1.11. The lowest BCUT2D eigenvalue weighted by molar-refractivity contribution is 0.112. The maximum atomic E-state index is 14.0. The van der Waals surface area contributed by atoms with E-state index in [0.29, 0.717) is 13.2 Å². The molecule has 0 atom stereocenters. The second-order valence-corrected chi connectivity index (χ2v) is 5.17. The van der Waals surface area contributed by atoms with Gasteiger partial charge in [0.15, 0.2) is 0 Å². The highest BCUT2D eigenvalue weighted by atomic mass is 19.1. The Morgan fingerprint density at radius 3 is 2.71 bits per heavy atom. The van der Waals surface area contributed by atoms with Gasteiger partial charge in [0.05, 0.1) is 6.61 Å². The summed E-state index contributed by atoms with van der Waals surface area (Å²) in [4.78, 5) is 2.21. The molecule has 0 spiro atoms. The number of benzene rings is 1. The van der Waals surface area contributed by atoms with Gasteiger partial charge < -0.3 is 10.1 Å². The van der Waals surface area contributed by atoms with Gasteiger partial charge in [-0.25, -0.2) is 4.39 Å². The topological polar surface area (TPSA) is 24.5 Å². The van der Waals surface area contributed by atoms with Crippen molar-refractivity contribution >= 4 is 0 Å². The van der Waals surface area contributed by atoms with Crippen molar-refractivity contribution in [1.29, 1.82) is 0 Å². The third-order valence-electron chi connectivity index (χ3n) is 3.46. The first-order valence-corrected chi connectivity index (χ1v) is 7.99. The maximum Gasteiger partial charge on any atom is 0.127 e. The minimum absolute atomic E-state index is 0.121. The van der Waals surface area contributed by atoms with Crippen molar-refractivity contribution in [2.24, 2.45) is 0 Å². The van der Waals surface area contributed by atoms with Crippen molar-refractivity contribution in [2.75, 3.05) is 32.8 Å². The quantitative estimate of drug-likeness (QED) is 0.635. The number of halogens is 1. The van der Waals surface area contributed by atoms with E-state index in [-0.39, 0.29) is 5.82 Å². The number of ether oxygens (including phenoxy) is 1. The molecule has 120 valence electrons. The zero-order valence-corrected chi connectivity index (χ0v) is 13.6. The molecule has 3 nitrogen and oxygen atoms in total. The number of rotatable bonds is 11. The number of hydrogen-bond acceptors (Lipinski definition) is 3. The van der Waals surface area contributed by atoms with Crippen LogP contribution in [0.4, 0.5) is 4.39 Å². The molecule has 0 aliphatic heterocycles. The Bertz CT molecular complexity index is 398. The summed E-state index contributed by atoms with van der Waals surface area (Å²) >= 11 is 0. The Morgan fingerprint density at radius 1 is 1.24 bits per heavy atom. The summed E-state index contributed by atoms with van der Waals surface area (Å²) in [6.45, 7) is 11.8. The van der Waals surface area contributed by atoms with Crippen LogP contribution in [0.25, 0.3) is 0 Å². The minimum atomic E-state index is -0.121. The zero-order valence-electron chi connectivity index (χ0n) is 13.6. The van der Waals surface area contributed by atoms with E-state index in [1.54, 1.807) is 6.07 Å². The molecule has 0 aliphatic rings. The third kappa shape index (κ3) is 7.02. The molecule has 1 aromatic rings. The van der Waals surface area contributed by atoms with Crippen LogP contribution in [0.3, 0.4) is 0 Å². The van der Waals surface area contributed by atoms with Crippen molar-refractivity contribution in [1.82, 2.24) is 10.2 Å². The summed E-state index contributed by atoms with van der Waals surface area (Å²) in [5.74, 6) is -0.121. The predicted molar refractivity (Wildman–Crippen MR) is 85.8 cm³/mol. The van der Waals surface area contributed by atoms with E-state index in [1.807, 2.05) is 19.1 Å². The van der Waals surface area contributed by atoms with Gasteiger partial charge in [0.1, 0.15) is 5.82 Å². The Hall–Kier alpha value is -0.970. The smallest absolute Gasteiger partial charge is 0.127 e. The zero-order chi connectivity index (χ0) is 15.5. The van der Waals surface area contributed by atoms with Crippen LogP contribution < -0.4 is 5.32 Å². The fourth-order valence-corrected chi connectivity index (χ4v) is 2.20. The largest absolute Gasteiger partial charge is 0.380 e. The summed E-state index contributed by atoms with van der Waals surface area (Å²) in [5, 5.41) is 3.35. The van der Waals surface area contributed by atoms with Crippen LogP contribution in [0.15, 0.2) is 18.2 Å². The van der Waals surface area contributed by atoms with Crippen molar-refractivity contribution in [2.45, 2.75) is 40.3 Å². The molecule has 0 aromatic heterocycles. The second-order valence-electron chi connectivity index (χ2n) is 5.17. The summed E-state index contributed by atoms with van der Waals surface area (Å²) in [7, 11) is 0. The molecule has 0 bridgehead atoms. The van der Waals surface area contributed by atoms with E-state index < -0.39 is 0 Å². The SMILES string of the molecule is CCCNCc1ccc(F)c(CN(CC)CCOCC)c1. The maximum absolute atomic E-state index is 14.0. The molecule has 0 heterocycles. The highest BCUT2D eigenvalue weighted by Gasteiger charge is 2.09. The first kappa shape index (κ1) is 18.1. The van der Waals surface area contributed by atoms with E-state index in [2.05, 4.69) is 24.1 Å². The fourth-order valence-electron chi connectivity index (χ4n) is 2.20. The monoisotopic (exact) mass is 296 g/mol. The van der Waals surface area contributed by atoms with Crippen LogP contribution >= 0.6 is 0 Å². The van der Waals surface area contributed by atoms with Gasteiger partial charge in [0.25, 0.3) is 0 Å². The van der Waals surface area contributed by atoms with Crippen molar-refractivity contribution < 1.29 is 9.13 Å². The van der Waals surface area contributed by atoms with Crippen LogP contribution in [0, 0.1) is 5.82 Å². The Labute approximate surface area is 128 Å². The van der Waals surface area contributed by atoms with E-state index >= 15 is 0 Å². The van der Waals surface area contributed by atoms with Gasteiger partial charge in [-0.2, -0.15) is 0 Å². The van der Waals surface area contributed by atoms with Crippen molar-refractivity contribution in [3.63, 3.8) is 0 Å². The van der Waals surface area contributed by atoms with Crippen LogP contribution in [-0.4, -0.2) is 37.7 Å². The summed E-state index contributed by atoms with van der Waals surface area (Å²) in [5.41, 5.74) is 1.91. The lowest BCUT2D eigenvalue weighted by atomic mass is 10.1. The van der Waals surface area contributed by atoms with Crippen molar-refractivity contribution in [3.8, 4) is 0 Å². The second kappa shape index (κ2) is 10.7. The molecule has 0 amide bonds. The molecule has 0 fully saturated rings. The number of nitrogens with one attached hydrogen (secondary N) is 1. The van der Waals surface area contributed by atoms with E-state index in [9.17, 15) is 4.39 Å².